The van der Waals surface area contributed by atoms with Crippen LogP contribution in [0.3, 0.4) is 0 Å². The molecule has 2 amide bonds. The van der Waals surface area contributed by atoms with Crippen molar-refractivity contribution in [2.24, 2.45) is 0 Å². The number of methoxy groups -OCH3 is 1. The number of anilines is 1. The average molecular weight is 552 g/mol. The molecular formula is C30H37N3O5S. The van der Waals surface area contributed by atoms with E-state index in [1.807, 2.05) is 37.3 Å². The standard InChI is InChI=1S/C30H37N3O5S/c1-4-5-21-31-30(35)24(2)32(22-20-25-12-8-6-9-13-25)29(34)23-33(26-16-18-27(38-3)19-17-26)39(36,37)28-14-10-7-11-15-28/h6-19,24H,4-5,20-23H2,1-3H3,(H,31,35)/t24-/m1/s1. The van der Waals surface area contributed by atoms with Crippen molar-refractivity contribution in [3.05, 3.63) is 90.5 Å². The summed E-state index contributed by atoms with van der Waals surface area (Å²) in [6.45, 7) is 4.01. The number of hydrogen-bond donors (Lipinski definition) is 1. The first-order chi connectivity index (χ1) is 18.8. The number of rotatable bonds is 14. The first-order valence-corrected chi connectivity index (χ1v) is 14.5. The van der Waals surface area contributed by atoms with Crippen LogP contribution in [-0.4, -0.2) is 57.9 Å². The lowest BCUT2D eigenvalue weighted by atomic mass is 10.1. The van der Waals surface area contributed by atoms with Crippen LogP contribution < -0.4 is 14.4 Å². The van der Waals surface area contributed by atoms with Crippen LogP contribution in [-0.2, 0) is 26.0 Å². The third kappa shape index (κ3) is 8.07. The molecule has 8 nitrogen and oxygen atoms in total. The molecule has 9 heteroatoms. The second kappa shape index (κ2) is 14.3. The van der Waals surface area contributed by atoms with Crippen molar-refractivity contribution in [2.45, 2.75) is 44.0 Å². The first kappa shape index (κ1) is 29.7. The summed E-state index contributed by atoms with van der Waals surface area (Å²) in [4.78, 5) is 28.3. The van der Waals surface area contributed by atoms with E-state index in [1.54, 1.807) is 49.4 Å². The van der Waals surface area contributed by atoms with E-state index < -0.39 is 28.5 Å². The Balaban J connectivity index is 1.93. The van der Waals surface area contributed by atoms with Gasteiger partial charge in [-0.25, -0.2) is 8.42 Å². The zero-order valence-corrected chi connectivity index (χ0v) is 23.6. The van der Waals surface area contributed by atoms with Crippen molar-refractivity contribution in [1.82, 2.24) is 10.2 Å². The fourth-order valence-electron chi connectivity index (χ4n) is 4.10. The maximum Gasteiger partial charge on any atom is 0.264 e. The molecule has 0 aliphatic heterocycles. The van der Waals surface area contributed by atoms with Gasteiger partial charge in [0.05, 0.1) is 17.7 Å². The molecule has 0 heterocycles. The summed E-state index contributed by atoms with van der Waals surface area (Å²) in [6, 6.07) is 23.3. The van der Waals surface area contributed by atoms with Crippen molar-refractivity contribution >= 4 is 27.5 Å². The lowest BCUT2D eigenvalue weighted by Gasteiger charge is -2.32. The Morgan fingerprint density at radius 3 is 2.13 bits per heavy atom. The number of nitrogens with one attached hydrogen (secondary N) is 1. The van der Waals surface area contributed by atoms with Gasteiger partial charge in [0.2, 0.25) is 11.8 Å². The van der Waals surface area contributed by atoms with Crippen LogP contribution >= 0.6 is 0 Å². The Hall–Kier alpha value is -3.85. The quantitative estimate of drug-likeness (QED) is 0.302. The minimum Gasteiger partial charge on any atom is -0.497 e. The van der Waals surface area contributed by atoms with Crippen molar-refractivity contribution < 1.29 is 22.7 Å². The van der Waals surface area contributed by atoms with Gasteiger partial charge in [-0.1, -0.05) is 61.9 Å². The van der Waals surface area contributed by atoms with Gasteiger partial charge < -0.3 is 15.0 Å². The Morgan fingerprint density at radius 1 is 0.923 bits per heavy atom. The van der Waals surface area contributed by atoms with E-state index in [1.165, 1.54) is 24.1 Å². The van der Waals surface area contributed by atoms with E-state index in [0.717, 1.165) is 22.7 Å². The fourth-order valence-corrected chi connectivity index (χ4v) is 5.54. The molecule has 0 bridgehead atoms. The van der Waals surface area contributed by atoms with Gasteiger partial charge in [0.1, 0.15) is 18.3 Å². The van der Waals surface area contributed by atoms with Crippen molar-refractivity contribution in [1.29, 1.82) is 0 Å². The van der Waals surface area contributed by atoms with Gasteiger partial charge in [0, 0.05) is 13.1 Å². The molecule has 0 aromatic heterocycles. The number of nitrogens with zero attached hydrogens (tertiary/aromatic N) is 2. The van der Waals surface area contributed by atoms with Crippen molar-refractivity contribution in [3.8, 4) is 5.75 Å². The second-order valence-corrected chi connectivity index (χ2v) is 11.0. The second-order valence-electron chi connectivity index (χ2n) is 9.17. The zero-order valence-electron chi connectivity index (χ0n) is 22.7. The Bertz CT molecular complexity index is 1300. The Morgan fingerprint density at radius 2 is 1.54 bits per heavy atom. The summed E-state index contributed by atoms with van der Waals surface area (Å²) in [5.74, 6) is -0.185. The number of unbranched alkanes of at least 4 members (excludes halogenated alkanes) is 1. The van der Waals surface area contributed by atoms with Crippen molar-refractivity contribution in [2.75, 3.05) is 31.0 Å². The third-order valence-corrected chi connectivity index (χ3v) is 8.24. The number of ether oxygens (including phenoxy) is 1. The molecule has 3 rings (SSSR count). The maximum atomic E-state index is 13.8. The first-order valence-electron chi connectivity index (χ1n) is 13.1. The molecule has 0 saturated heterocycles. The summed E-state index contributed by atoms with van der Waals surface area (Å²) < 4.78 is 33.8. The molecule has 3 aromatic rings. The third-order valence-electron chi connectivity index (χ3n) is 6.45. The van der Waals surface area contributed by atoms with Crippen LogP contribution in [0.25, 0.3) is 0 Å². The highest BCUT2D eigenvalue weighted by atomic mass is 32.2. The monoisotopic (exact) mass is 551 g/mol. The van der Waals surface area contributed by atoms with Gasteiger partial charge in [-0.15, -0.1) is 0 Å². The molecule has 0 spiro atoms. The molecule has 0 unspecified atom stereocenters. The van der Waals surface area contributed by atoms with E-state index >= 15 is 0 Å². The Kier molecular flexibility index (Phi) is 10.9. The molecule has 208 valence electrons. The number of benzene rings is 3. The van der Waals surface area contributed by atoms with Crippen molar-refractivity contribution in [3.63, 3.8) is 0 Å². The fraction of sp³-hybridized carbons (Fsp3) is 0.333. The molecule has 1 N–H and O–H groups in total. The van der Waals surface area contributed by atoms with Gasteiger partial charge in [0.15, 0.2) is 0 Å². The highest BCUT2D eigenvalue weighted by Gasteiger charge is 2.32. The zero-order chi connectivity index (χ0) is 28.3. The van der Waals surface area contributed by atoms with Crippen LogP contribution in [0.4, 0.5) is 5.69 Å². The maximum absolute atomic E-state index is 13.8. The van der Waals surface area contributed by atoms with Crippen LogP contribution in [0.1, 0.15) is 32.3 Å². The number of carbonyl (C=O) groups excluding carboxylic acids is 2. The van der Waals surface area contributed by atoms with Gasteiger partial charge >= 0.3 is 0 Å². The SMILES string of the molecule is CCCCNC(=O)[C@@H](C)N(CCc1ccccc1)C(=O)CN(c1ccc(OC)cc1)S(=O)(=O)c1ccccc1. The average Bonchev–Trinajstić information content (AvgIpc) is 2.97. The van der Waals surface area contributed by atoms with Gasteiger partial charge in [0.25, 0.3) is 10.0 Å². The molecule has 0 radical (unpaired) electrons. The predicted molar refractivity (Wildman–Crippen MR) is 153 cm³/mol. The van der Waals surface area contributed by atoms with E-state index in [9.17, 15) is 18.0 Å². The van der Waals surface area contributed by atoms with Crippen LogP contribution in [0.15, 0.2) is 89.8 Å². The van der Waals surface area contributed by atoms with E-state index in [0.29, 0.717) is 24.4 Å². The van der Waals surface area contributed by atoms with Crippen LogP contribution in [0.2, 0.25) is 0 Å². The Labute approximate surface area is 231 Å². The largest absolute Gasteiger partial charge is 0.497 e. The number of hydrogen-bond acceptors (Lipinski definition) is 5. The predicted octanol–water partition coefficient (Wildman–Crippen LogP) is 4.27. The smallest absolute Gasteiger partial charge is 0.264 e. The van der Waals surface area contributed by atoms with Crippen LogP contribution in [0.5, 0.6) is 5.75 Å². The normalized spacial score (nSPS) is 11.9. The topological polar surface area (TPSA) is 96.0 Å². The molecule has 0 saturated carbocycles. The number of carbonyl (C=O) groups is 2. The molecule has 1 atom stereocenters. The lowest BCUT2D eigenvalue weighted by Crippen LogP contribution is -2.52. The molecule has 0 aliphatic carbocycles. The summed E-state index contributed by atoms with van der Waals surface area (Å²) in [6.07, 6.45) is 2.28. The summed E-state index contributed by atoms with van der Waals surface area (Å²) >= 11 is 0. The van der Waals surface area contributed by atoms with Gasteiger partial charge in [-0.3, -0.25) is 13.9 Å². The molecule has 0 aliphatic rings. The van der Waals surface area contributed by atoms with E-state index in [-0.39, 0.29) is 17.3 Å². The lowest BCUT2D eigenvalue weighted by molar-refractivity contribution is -0.138. The van der Waals surface area contributed by atoms with E-state index in [2.05, 4.69) is 5.32 Å². The summed E-state index contributed by atoms with van der Waals surface area (Å²) in [5, 5.41) is 2.89. The summed E-state index contributed by atoms with van der Waals surface area (Å²) in [5.41, 5.74) is 1.33. The molecule has 0 fully saturated rings. The molecule has 3 aromatic carbocycles. The molecular weight excluding hydrogens is 514 g/mol. The highest BCUT2D eigenvalue weighted by Crippen LogP contribution is 2.26. The van der Waals surface area contributed by atoms with Crippen LogP contribution in [0, 0.1) is 0 Å². The highest BCUT2D eigenvalue weighted by molar-refractivity contribution is 7.92. The minimum atomic E-state index is -4.09. The van der Waals surface area contributed by atoms with Gasteiger partial charge in [-0.2, -0.15) is 0 Å². The molecule has 39 heavy (non-hydrogen) atoms. The minimum absolute atomic E-state index is 0.0646. The summed E-state index contributed by atoms with van der Waals surface area (Å²) in [7, 11) is -2.57. The number of amides is 2. The van der Waals surface area contributed by atoms with Gasteiger partial charge in [-0.05, 0) is 61.7 Å². The van der Waals surface area contributed by atoms with E-state index in [4.69, 9.17) is 4.74 Å². The number of sulfonamides is 1.